The number of rotatable bonds is 7. The molecule has 2 unspecified atom stereocenters. The molecule has 1 N–H and O–H groups in total. The highest BCUT2D eigenvalue weighted by Crippen LogP contribution is 2.39. The van der Waals surface area contributed by atoms with Gasteiger partial charge in [-0.15, -0.1) is 0 Å². The number of Topliss-reactive ketones (excluding diaryl/α,β-unsaturated/α-hetero) is 2. The fourth-order valence-corrected chi connectivity index (χ4v) is 3.66. The van der Waals surface area contributed by atoms with Gasteiger partial charge in [0, 0.05) is 36.5 Å². The second-order valence-electron chi connectivity index (χ2n) is 7.67. The molecule has 6 nitrogen and oxygen atoms in total. The molecule has 1 aliphatic heterocycles. The molecule has 2 aliphatic rings. The van der Waals surface area contributed by atoms with E-state index in [-0.39, 0.29) is 29.3 Å². The fraction of sp³-hybridized carbons (Fsp3) is 0.435. The summed E-state index contributed by atoms with van der Waals surface area (Å²) in [5, 5.41) is 9.30. The maximum absolute atomic E-state index is 13.0. The summed E-state index contributed by atoms with van der Waals surface area (Å²) in [5.74, 6) is -1.70. The molecule has 2 atom stereocenters. The number of aliphatic hydroxyl groups excluding tert-OH is 1. The van der Waals surface area contributed by atoms with E-state index in [2.05, 4.69) is 19.9 Å². The predicted octanol–water partition coefficient (Wildman–Crippen LogP) is 3.58. The molecule has 0 aromatic carbocycles. The molecule has 0 bridgehead atoms. The van der Waals surface area contributed by atoms with Gasteiger partial charge in [-0.2, -0.15) is 0 Å². The van der Waals surface area contributed by atoms with Crippen LogP contribution in [0.4, 0.5) is 0 Å². The van der Waals surface area contributed by atoms with Crippen LogP contribution in [0.25, 0.3) is 0 Å². The Morgan fingerprint density at radius 1 is 1.33 bits per heavy atom. The SMILES string of the molecule is CCC(C)/C=C(C)/C=C/C1=CC2=C(Cl)C(=O)C(C)(OC(C)=O)C(=O)C2=CN1CCO. The third kappa shape index (κ3) is 4.82. The van der Waals surface area contributed by atoms with Gasteiger partial charge in [-0.1, -0.05) is 49.6 Å². The molecule has 7 heteroatoms. The highest BCUT2D eigenvalue weighted by Gasteiger charge is 2.52. The minimum Gasteiger partial charge on any atom is -0.443 e. The van der Waals surface area contributed by atoms with Crippen LogP contribution in [0.1, 0.15) is 41.0 Å². The normalized spacial score (nSPS) is 23.4. The molecule has 30 heavy (non-hydrogen) atoms. The lowest BCUT2D eigenvalue weighted by Crippen LogP contribution is -2.52. The predicted molar refractivity (Wildman–Crippen MR) is 115 cm³/mol. The smallest absolute Gasteiger partial charge is 0.304 e. The minimum absolute atomic E-state index is 0.141. The third-order valence-electron chi connectivity index (χ3n) is 5.14. The Morgan fingerprint density at radius 3 is 2.57 bits per heavy atom. The van der Waals surface area contributed by atoms with Crippen LogP contribution >= 0.6 is 11.6 Å². The van der Waals surface area contributed by atoms with Crippen molar-refractivity contribution >= 4 is 29.1 Å². The molecule has 162 valence electrons. The second kappa shape index (κ2) is 9.58. The summed E-state index contributed by atoms with van der Waals surface area (Å²) >= 11 is 6.31. The van der Waals surface area contributed by atoms with Crippen molar-refractivity contribution in [3.63, 3.8) is 0 Å². The highest BCUT2D eigenvalue weighted by molar-refractivity contribution is 6.49. The summed E-state index contributed by atoms with van der Waals surface area (Å²) in [4.78, 5) is 39.0. The molecular weight excluding hydrogens is 406 g/mol. The number of ether oxygens (including phenoxy) is 1. The molecule has 2 rings (SSSR count). The Bertz CT molecular complexity index is 909. The van der Waals surface area contributed by atoms with Crippen LogP contribution < -0.4 is 0 Å². The lowest BCUT2D eigenvalue weighted by molar-refractivity contribution is -0.167. The lowest BCUT2D eigenvalue weighted by atomic mass is 9.79. The zero-order valence-electron chi connectivity index (χ0n) is 18.0. The van der Waals surface area contributed by atoms with E-state index in [4.69, 9.17) is 16.3 Å². The van der Waals surface area contributed by atoms with Gasteiger partial charge in [-0.25, -0.2) is 0 Å². The number of fused-ring (bicyclic) bond motifs is 1. The molecular formula is C23H28ClNO5. The summed E-state index contributed by atoms with van der Waals surface area (Å²) in [7, 11) is 0. The van der Waals surface area contributed by atoms with Gasteiger partial charge in [0.1, 0.15) is 0 Å². The average Bonchev–Trinajstić information content (AvgIpc) is 2.69. The first-order chi connectivity index (χ1) is 14.0. The van der Waals surface area contributed by atoms with Crippen LogP contribution in [-0.4, -0.2) is 46.3 Å². The van der Waals surface area contributed by atoms with Gasteiger partial charge >= 0.3 is 5.97 Å². The standard InChI is InChI=1S/C23H28ClNO5/c1-6-14(2)11-15(3)7-8-17-12-18-19(13-25(17)9-10-26)21(28)23(5,30-16(4)27)22(29)20(18)24/h7-8,11-14,26H,6,9-10H2,1-5H3/b8-7+,15-11+. The van der Waals surface area contributed by atoms with Crippen LogP contribution in [-0.2, 0) is 19.1 Å². The first kappa shape index (κ1) is 23.8. The third-order valence-corrected chi connectivity index (χ3v) is 5.52. The second-order valence-corrected chi connectivity index (χ2v) is 8.05. The Morgan fingerprint density at radius 2 is 2.00 bits per heavy atom. The Balaban J connectivity index is 2.52. The number of nitrogens with zero attached hydrogens (tertiary/aromatic N) is 1. The van der Waals surface area contributed by atoms with Crippen molar-refractivity contribution < 1.29 is 24.2 Å². The monoisotopic (exact) mass is 433 g/mol. The Kier molecular flexibility index (Phi) is 7.61. The van der Waals surface area contributed by atoms with E-state index >= 15 is 0 Å². The number of carbonyl (C=O) groups is 3. The zero-order chi connectivity index (χ0) is 22.6. The van der Waals surface area contributed by atoms with E-state index in [1.807, 2.05) is 19.1 Å². The number of hydrogen-bond acceptors (Lipinski definition) is 6. The van der Waals surface area contributed by atoms with E-state index in [0.717, 1.165) is 18.9 Å². The fourth-order valence-electron chi connectivity index (χ4n) is 3.33. The Hall–Kier alpha value is -2.44. The van der Waals surface area contributed by atoms with Gasteiger partial charge in [0.15, 0.2) is 0 Å². The average molecular weight is 434 g/mol. The Labute approximate surface area is 182 Å². The number of esters is 1. The van der Waals surface area contributed by atoms with Crippen LogP contribution in [0.3, 0.4) is 0 Å². The summed E-state index contributed by atoms with van der Waals surface area (Å²) in [6, 6.07) is 0. The topological polar surface area (TPSA) is 83.9 Å². The van der Waals surface area contributed by atoms with Crippen LogP contribution in [0.5, 0.6) is 0 Å². The first-order valence-electron chi connectivity index (χ1n) is 9.92. The van der Waals surface area contributed by atoms with E-state index < -0.39 is 23.1 Å². The van der Waals surface area contributed by atoms with Gasteiger partial charge < -0.3 is 14.7 Å². The molecule has 0 amide bonds. The van der Waals surface area contributed by atoms with E-state index in [9.17, 15) is 19.5 Å². The molecule has 0 radical (unpaired) electrons. The van der Waals surface area contributed by atoms with Crippen molar-refractivity contribution in [2.45, 2.75) is 46.6 Å². The maximum atomic E-state index is 13.0. The number of aliphatic hydroxyl groups is 1. The quantitative estimate of drug-likeness (QED) is 0.375. The lowest BCUT2D eigenvalue weighted by Gasteiger charge is -2.35. The summed E-state index contributed by atoms with van der Waals surface area (Å²) in [5.41, 5.74) is 0.200. The summed E-state index contributed by atoms with van der Waals surface area (Å²) in [6.45, 7) is 8.72. The van der Waals surface area contributed by atoms with E-state index in [1.54, 1.807) is 11.0 Å². The number of ketones is 2. The van der Waals surface area contributed by atoms with Crippen molar-refractivity contribution in [1.29, 1.82) is 0 Å². The molecule has 0 saturated heterocycles. The van der Waals surface area contributed by atoms with Gasteiger partial charge in [0.25, 0.3) is 0 Å². The van der Waals surface area contributed by atoms with Crippen molar-refractivity contribution in [1.82, 2.24) is 4.90 Å². The molecule has 0 fully saturated rings. The number of halogens is 1. The van der Waals surface area contributed by atoms with Crippen molar-refractivity contribution in [3.8, 4) is 0 Å². The molecule has 1 aliphatic carbocycles. The zero-order valence-corrected chi connectivity index (χ0v) is 18.7. The molecule has 0 aromatic heterocycles. The summed E-state index contributed by atoms with van der Waals surface area (Å²) < 4.78 is 5.06. The van der Waals surface area contributed by atoms with E-state index in [1.165, 1.54) is 13.1 Å². The van der Waals surface area contributed by atoms with E-state index in [0.29, 0.717) is 11.6 Å². The van der Waals surface area contributed by atoms with Gasteiger partial charge in [-0.3, -0.25) is 14.4 Å². The largest absolute Gasteiger partial charge is 0.443 e. The van der Waals surface area contributed by atoms with Crippen LogP contribution in [0, 0.1) is 5.92 Å². The van der Waals surface area contributed by atoms with Crippen molar-refractivity contribution in [2.75, 3.05) is 13.2 Å². The number of carbonyl (C=O) groups excluding carboxylic acids is 3. The molecule has 1 heterocycles. The molecule has 0 aromatic rings. The van der Waals surface area contributed by atoms with Crippen molar-refractivity contribution in [2.24, 2.45) is 5.92 Å². The highest BCUT2D eigenvalue weighted by atomic mass is 35.5. The number of hydrogen-bond donors (Lipinski definition) is 1. The first-order valence-corrected chi connectivity index (χ1v) is 10.3. The van der Waals surface area contributed by atoms with Gasteiger partial charge in [0.05, 0.1) is 11.6 Å². The number of β-amino-alcohol motifs (C(OH)–C–C–N with tert-alkyl or cyclic N) is 1. The number of allylic oxidation sites excluding steroid dienone is 6. The minimum atomic E-state index is -2.00. The van der Waals surface area contributed by atoms with Gasteiger partial charge in [-0.05, 0) is 31.9 Å². The molecule has 0 spiro atoms. The van der Waals surface area contributed by atoms with Crippen LogP contribution in [0.2, 0.25) is 0 Å². The van der Waals surface area contributed by atoms with Gasteiger partial charge in [0.2, 0.25) is 17.2 Å². The van der Waals surface area contributed by atoms with Crippen LogP contribution in [0.15, 0.2) is 58.0 Å². The maximum Gasteiger partial charge on any atom is 0.304 e. The van der Waals surface area contributed by atoms with Crippen molar-refractivity contribution in [3.05, 3.63) is 58.0 Å². The summed E-state index contributed by atoms with van der Waals surface area (Å²) in [6.07, 6.45) is 10.2. The molecule has 0 saturated carbocycles.